The van der Waals surface area contributed by atoms with Crippen molar-refractivity contribution in [1.29, 1.82) is 0 Å². The maximum Gasteiger partial charge on any atom is 0 e. The second-order valence-electron chi connectivity index (χ2n) is 0. The first-order valence-electron chi connectivity index (χ1n) is 0. The van der Waals surface area contributed by atoms with Crippen LogP contribution < -0.4 is 49.6 Å². The van der Waals surface area contributed by atoms with E-state index in [1.54, 1.807) is 0 Å². The molecule has 0 aliphatic heterocycles. The van der Waals surface area contributed by atoms with Crippen molar-refractivity contribution >= 4 is 0 Å². The van der Waals surface area contributed by atoms with E-state index in [1.807, 2.05) is 0 Å². The molecule has 0 rings (SSSR count). The van der Waals surface area contributed by atoms with E-state index in [1.165, 1.54) is 0 Å². The fourth-order valence-corrected chi connectivity index (χ4v) is 0. The Hall–Kier alpha value is 1.87. The molecule has 0 aromatic carbocycles. The zero-order valence-electron chi connectivity index (χ0n) is 2.01. The molecule has 0 fully saturated rings. The van der Waals surface area contributed by atoms with E-state index in [0.29, 0.717) is 0 Å². The number of halogens is 4. The first-order valence-corrected chi connectivity index (χ1v) is 0. The maximum absolute atomic E-state index is 0. The summed E-state index contributed by atoms with van der Waals surface area (Å²) in [5.41, 5.74) is 0. The van der Waals surface area contributed by atoms with E-state index in [9.17, 15) is 0 Å². The molecule has 0 radical (unpaired) electrons. The topological polar surface area (TPSA) is 0 Å². The second kappa shape index (κ2) is 39.7. The average molecular weight is 190 g/mol. The van der Waals surface area contributed by atoms with Crippen molar-refractivity contribution in [2.24, 2.45) is 0 Å². The van der Waals surface area contributed by atoms with Crippen LogP contribution in [0.5, 0.6) is 0 Å². The molecule has 0 atom stereocenters. The number of rotatable bonds is 0. The van der Waals surface area contributed by atoms with Crippen molar-refractivity contribution in [2.45, 2.75) is 0 Å². The molecule has 36 valence electrons. The molecule has 0 heterocycles. The third-order valence-corrected chi connectivity index (χ3v) is 0. The van der Waals surface area contributed by atoms with Gasteiger partial charge in [0.15, 0.2) is 0 Å². The van der Waals surface area contributed by atoms with Gasteiger partial charge in [-0.1, -0.05) is 0 Å². The van der Waals surface area contributed by atoms with Crippen LogP contribution in [0, 0.1) is 0 Å². The molecule has 0 aromatic heterocycles. The molecule has 0 spiro atoms. The Labute approximate surface area is 71.0 Å². The summed E-state index contributed by atoms with van der Waals surface area (Å²) in [5.74, 6) is 0. The van der Waals surface area contributed by atoms with Crippen LogP contribution >= 0.6 is 0 Å². The van der Waals surface area contributed by atoms with Gasteiger partial charge in [0.1, 0.15) is 0 Å². The van der Waals surface area contributed by atoms with Gasteiger partial charge in [0.2, 0.25) is 0 Å². The van der Waals surface area contributed by atoms with Crippen molar-refractivity contribution in [3.05, 3.63) is 0 Å². The summed E-state index contributed by atoms with van der Waals surface area (Å²) < 4.78 is 0. The summed E-state index contributed by atoms with van der Waals surface area (Å²) in [5, 5.41) is 0. The molecule has 0 saturated heterocycles. The van der Waals surface area contributed by atoms with Gasteiger partial charge in [0.25, 0.3) is 0 Å². The van der Waals surface area contributed by atoms with E-state index in [-0.39, 0.29) is 71.3 Å². The van der Waals surface area contributed by atoms with Crippen LogP contribution in [0.15, 0.2) is 0 Å². The van der Waals surface area contributed by atoms with Gasteiger partial charge < -0.3 is 49.6 Å². The van der Waals surface area contributed by atoms with Crippen LogP contribution in [0.2, 0.25) is 0 Å². The van der Waals surface area contributed by atoms with Gasteiger partial charge in [0, 0.05) is 21.7 Å². The van der Waals surface area contributed by atoms with E-state index in [0.717, 1.165) is 0 Å². The van der Waals surface area contributed by atoms with Crippen molar-refractivity contribution in [1.82, 2.24) is 0 Å². The molecular weight excluding hydrogens is 190 g/mol. The van der Waals surface area contributed by atoms with Crippen LogP contribution in [-0.2, 0) is 21.7 Å². The van der Waals surface area contributed by atoms with Crippen molar-refractivity contribution < 1.29 is 71.3 Å². The van der Waals surface area contributed by atoms with Crippen molar-refractivity contribution in [2.75, 3.05) is 0 Å². The molecule has 5 heavy (non-hydrogen) atoms. The van der Waals surface area contributed by atoms with E-state index in [2.05, 4.69) is 0 Å². The summed E-state index contributed by atoms with van der Waals surface area (Å²) in [7, 11) is 0. The van der Waals surface area contributed by atoms with Crippen LogP contribution in [0.3, 0.4) is 0 Å². The summed E-state index contributed by atoms with van der Waals surface area (Å²) in [6.45, 7) is 0. The van der Waals surface area contributed by atoms with E-state index < -0.39 is 0 Å². The van der Waals surface area contributed by atoms with Crippen LogP contribution in [0.25, 0.3) is 0 Å². The van der Waals surface area contributed by atoms with Gasteiger partial charge in [-0.25, -0.2) is 0 Å². The van der Waals surface area contributed by atoms with Gasteiger partial charge >= 0.3 is 0 Å². The molecule has 0 saturated carbocycles. The minimum absolute atomic E-state index is 0. The largest absolute Gasteiger partial charge is 1.00 e. The number of hydrogen-bond acceptors (Lipinski definition) is 0. The summed E-state index contributed by atoms with van der Waals surface area (Å²) >= 11 is 0. The Balaban J connectivity index is 0. The molecule has 0 nitrogen and oxygen atoms in total. The monoisotopic (exact) mass is 188 g/mol. The SMILES string of the molecule is [Cl-].[Cl-].[Cl-].[Cl-].[Ti]. The molecule has 0 aliphatic carbocycles. The summed E-state index contributed by atoms with van der Waals surface area (Å²) in [6.07, 6.45) is 0. The zero-order valence-corrected chi connectivity index (χ0v) is 6.60. The van der Waals surface area contributed by atoms with Crippen LogP contribution in [-0.4, -0.2) is 0 Å². The first kappa shape index (κ1) is 67.5. The summed E-state index contributed by atoms with van der Waals surface area (Å²) in [6, 6.07) is 0. The minimum atomic E-state index is 0. The standard InChI is InChI=1S/4ClH.Ti/h4*1H;/p-4. The predicted octanol–water partition coefficient (Wildman–Crippen LogP) is -12.0. The molecule has 0 bridgehead atoms. The van der Waals surface area contributed by atoms with Crippen LogP contribution in [0.1, 0.15) is 0 Å². The van der Waals surface area contributed by atoms with Crippen molar-refractivity contribution in [3.63, 3.8) is 0 Å². The van der Waals surface area contributed by atoms with E-state index in [4.69, 9.17) is 0 Å². The van der Waals surface area contributed by atoms with E-state index >= 15 is 0 Å². The van der Waals surface area contributed by atoms with Gasteiger partial charge in [-0.05, 0) is 0 Å². The van der Waals surface area contributed by atoms with Gasteiger partial charge in [-0.3, -0.25) is 0 Å². The molecule has 0 N–H and O–H groups in total. The Morgan fingerprint density at radius 2 is 0.400 bits per heavy atom. The van der Waals surface area contributed by atoms with Gasteiger partial charge in [-0.15, -0.1) is 0 Å². The molecular formula is Cl4Ti-4. The molecule has 0 aliphatic rings. The van der Waals surface area contributed by atoms with Crippen LogP contribution in [0.4, 0.5) is 0 Å². The van der Waals surface area contributed by atoms with Gasteiger partial charge in [0.05, 0.1) is 0 Å². The smallest absolute Gasteiger partial charge is 0 e. The Morgan fingerprint density at radius 3 is 0.400 bits per heavy atom. The third kappa shape index (κ3) is 25.1. The average Bonchev–Trinajstić information content (AvgIpc) is 0. The second-order valence-corrected chi connectivity index (χ2v) is 0. The molecule has 0 unspecified atom stereocenters. The zero-order chi connectivity index (χ0) is 0. The molecule has 0 aromatic rings. The Morgan fingerprint density at radius 1 is 0.400 bits per heavy atom. The third-order valence-electron chi connectivity index (χ3n) is 0. The Kier molecular flexibility index (Phi) is 537. The van der Waals surface area contributed by atoms with Gasteiger partial charge in [-0.2, -0.15) is 0 Å². The summed E-state index contributed by atoms with van der Waals surface area (Å²) in [4.78, 5) is 0. The quantitative estimate of drug-likeness (QED) is 0.332. The normalized spacial score (nSPS) is 0. The fourth-order valence-electron chi connectivity index (χ4n) is 0. The fraction of sp³-hybridized carbons (Fsp3) is 0. The first-order chi connectivity index (χ1) is 0. The maximum atomic E-state index is 0. The molecule has 0 amide bonds. The van der Waals surface area contributed by atoms with Crippen molar-refractivity contribution in [3.8, 4) is 0 Å². The predicted molar refractivity (Wildman–Crippen MR) is 0 cm³/mol. The molecule has 5 heteroatoms. The number of hydrogen-bond donors (Lipinski definition) is 0. The minimum Gasteiger partial charge on any atom is -1.00 e. The Bertz CT molecular complexity index is 3.61.